The summed E-state index contributed by atoms with van der Waals surface area (Å²) in [5, 5.41) is 4.67. The van der Waals surface area contributed by atoms with Crippen molar-refractivity contribution in [3.63, 3.8) is 0 Å². The van der Waals surface area contributed by atoms with E-state index in [1.54, 1.807) is 35.6 Å². The molecular formula is C45H26N4OS. The van der Waals surface area contributed by atoms with Crippen LogP contribution in [-0.4, -0.2) is 19.5 Å². The van der Waals surface area contributed by atoms with Gasteiger partial charge in [-0.2, -0.15) is 9.97 Å². The highest BCUT2D eigenvalue weighted by Crippen LogP contribution is 2.43. The van der Waals surface area contributed by atoms with Gasteiger partial charge in [-0.25, -0.2) is 4.98 Å². The molecule has 0 saturated carbocycles. The largest absolute Gasteiger partial charge is 0.456 e. The number of thiophene rings is 1. The molecule has 0 amide bonds. The third-order valence-electron chi connectivity index (χ3n) is 9.39. The predicted octanol–water partition coefficient (Wildman–Crippen LogP) is 12.2. The van der Waals surface area contributed by atoms with E-state index >= 15 is 0 Å². The Labute approximate surface area is 304 Å². The molecule has 51 heavy (non-hydrogen) atoms. The Morgan fingerprint density at radius 3 is 2.10 bits per heavy atom. The second-order valence-electron chi connectivity index (χ2n) is 12.3. The Morgan fingerprint density at radius 2 is 1.25 bits per heavy atom. The molecular weight excluding hydrogens is 645 g/mol. The SMILES string of the molecule is [2H]c1c([2H])c(-c2ccccc2)c2c(oc3c([2H])c(-c4nc(-c5ccccc5)nc(-n5c6ccccc6c6ccc7c8ccccc8sc7c65)n4)c([2H])c([2H])c32)c1[2H]. The predicted molar refractivity (Wildman–Crippen MR) is 211 cm³/mol. The van der Waals surface area contributed by atoms with Crippen molar-refractivity contribution in [2.24, 2.45) is 0 Å². The highest BCUT2D eigenvalue weighted by Gasteiger charge is 2.22. The number of rotatable bonds is 4. The smallest absolute Gasteiger partial charge is 0.238 e. The van der Waals surface area contributed by atoms with Gasteiger partial charge in [-0.05, 0) is 41.4 Å². The van der Waals surface area contributed by atoms with E-state index in [9.17, 15) is 4.11 Å². The molecule has 0 atom stereocenters. The Bertz CT molecular complexity index is 3490. The maximum atomic E-state index is 9.59. The number of benzene rings is 7. The first-order valence-corrected chi connectivity index (χ1v) is 17.3. The van der Waals surface area contributed by atoms with E-state index in [1.165, 1.54) is 0 Å². The van der Waals surface area contributed by atoms with Gasteiger partial charge in [-0.15, -0.1) is 11.3 Å². The second-order valence-corrected chi connectivity index (χ2v) is 13.4. The summed E-state index contributed by atoms with van der Waals surface area (Å²) in [6, 6.07) is 37.5. The van der Waals surface area contributed by atoms with E-state index in [2.05, 4.69) is 30.3 Å². The molecule has 0 aliphatic heterocycles. The molecule has 0 saturated heterocycles. The summed E-state index contributed by atoms with van der Waals surface area (Å²) in [5.41, 5.74) is 3.27. The molecule has 5 nitrogen and oxygen atoms in total. The zero-order chi connectivity index (χ0) is 38.7. The van der Waals surface area contributed by atoms with Crippen LogP contribution in [0.1, 0.15) is 8.22 Å². The Morgan fingerprint density at radius 1 is 0.549 bits per heavy atom. The highest BCUT2D eigenvalue weighted by atomic mass is 32.1. The average molecular weight is 677 g/mol. The van der Waals surface area contributed by atoms with Crippen LogP contribution in [0.2, 0.25) is 0 Å². The summed E-state index contributed by atoms with van der Waals surface area (Å²) in [7, 11) is 0. The summed E-state index contributed by atoms with van der Waals surface area (Å²) in [6.07, 6.45) is 0. The lowest BCUT2D eigenvalue weighted by atomic mass is 9.99. The van der Waals surface area contributed by atoms with Crippen molar-refractivity contribution in [3.05, 3.63) is 158 Å². The van der Waals surface area contributed by atoms with E-state index in [0.717, 1.165) is 42.0 Å². The van der Waals surface area contributed by atoms with Crippen LogP contribution >= 0.6 is 11.3 Å². The number of furan rings is 1. The molecule has 0 aliphatic rings. The maximum absolute atomic E-state index is 9.59. The van der Waals surface area contributed by atoms with Crippen LogP contribution in [0.5, 0.6) is 0 Å². The fraction of sp³-hybridized carbons (Fsp3) is 0. The molecule has 0 radical (unpaired) electrons. The maximum Gasteiger partial charge on any atom is 0.238 e. The molecule has 238 valence electrons. The Hall–Kier alpha value is -6.63. The van der Waals surface area contributed by atoms with E-state index in [-0.39, 0.29) is 75.5 Å². The zero-order valence-corrected chi connectivity index (χ0v) is 27.5. The van der Waals surface area contributed by atoms with Crippen molar-refractivity contribution in [2.75, 3.05) is 0 Å². The fourth-order valence-corrected chi connectivity index (χ4v) is 8.35. The molecule has 0 fully saturated rings. The standard InChI is InChI=1S/C45H26N4OS/c1-3-12-27(13-4-1)30-18-11-20-37-40(30)35-23-22-29(26-38(35)50-37)44-46-43(28-14-5-2-6-15-28)47-45(48-44)49-36-19-9-7-16-31(36)33-24-25-34-32-17-8-10-21-39(32)51-42(34)41(33)49/h1-26H/i11D,18D,20D,22D,23D,26D. The van der Waals surface area contributed by atoms with Crippen LogP contribution in [0.25, 0.3) is 104 Å². The van der Waals surface area contributed by atoms with Gasteiger partial charge in [0.1, 0.15) is 11.2 Å². The van der Waals surface area contributed by atoms with Gasteiger partial charge in [0.15, 0.2) is 11.6 Å². The van der Waals surface area contributed by atoms with E-state index < -0.39 is 0 Å². The monoisotopic (exact) mass is 676 g/mol. The van der Waals surface area contributed by atoms with Gasteiger partial charge in [0.25, 0.3) is 0 Å². The highest BCUT2D eigenvalue weighted by molar-refractivity contribution is 7.26. The average Bonchev–Trinajstić information content (AvgIpc) is 3.93. The topological polar surface area (TPSA) is 56.7 Å². The van der Waals surface area contributed by atoms with Crippen LogP contribution in [0.15, 0.2) is 162 Å². The molecule has 6 heteroatoms. The molecule has 11 aromatic rings. The first-order chi connectivity index (χ1) is 27.8. The number of aromatic nitrogens is 4. The number of fused-ring (bicyclic) bond motifs is 10. The van der Waals surface area contributed by atoms with Gasteiger partial charge in [-0.1, -0.05) is 127 Å². The van der Waals surface area contributed by atoms with Gasteiger partial charge in [0.05, 0.1) is 24.0 Å². The van der Waals surface area contributed by atoms with Gasteiger partial charge < -0.3 is 4.42 Å². The number of nitrogens with zero attached hydrogens (tertiary/aromatic N) is 4. The molecule has 7 aromatic carbocycles. The molecule has 0 spiro atoms. The van der Waals surface area contributed by atoms with Crippen LogP contribution < -0.4 is 0 Å². The van der Waals surface area contributed by atoms with Gasteiger partial charge in [0, 0.05) is 48.1 Å². The third kappa shape index (κ3) is 4.30. The third-order valence-corrected chi connectivity index (χ3v) is 10.6. The Kier molecular flexibility index (Phi) is 4.91. The van der Waals surface area contributed by atoms with Crippen LogP contribution in [-0.2, 0) is 0 Å². The van der Waals surface area contributed by atoms with E-state index in [4.69, 9.17) is 23.5 Å². The minimum Gasteiger partial charge on any atom is -0.456 e. The minimum absolute atomic E-state index is 0.0101. The van der Waals surface area contributed by atoms with Crippen molar-refractivity contribution in [2.45, 2.75) is 0 Å². The van der Waals surface area contributed by atoms with E-state index in [0.29, 0.717) is 22.5 Å². The van der Waals surface area contributed by atoms with Crippen molar-refractivity contribution < 1.29 is 12.6 Å². The first-order valence-electron chi connectivity index (χ1n) is 19.5. The van der Waals surface area contributed by atoms with Crippen molar-refractivity contribution >= 4 is 75.3 Å². The molecule has 4 aromatic heterocycles. The lowest BCUT2D eigenvalue weighted by molar-refractivity contribution is 0.669. The lowest BCUT2D eigenvalue weighted by Crippen LogP contribution is -2.06. The fourth-order valence-electron chi connectivity index (χ4n) is 7.11. The summed E-state index contributed by atoms with van der Waals surface area (Å²) in [4.78, 5) is 15.0. The summed E-state index contributed by atoms with van der Waals surface area (Å²) in [5.74, 6) is 0.607. The number of hydrogen-bond donors (Lipinski definition) is 0. The van der Waals surface area contributed by atoms with Gasteiger partial charge >= 0.3 is 0 Å². The van der Waals surface area contributed by atoms with Gasteiger partial charge in [0.2, 0.25) is 5.95 Å². The lowest BCUT2D eigenvalue weighted by Gasteiger charge is -2.11. The van der Waals surface area contributed by atoms with Gasteiger partial charge in [-0.3, -0.25) is 4.57 Å². The first kappa shape index (κ1) is 22.9. The summed E-state index contributed by atoms with van der Waals surface area (Å²) >= 11 is 1.70. The molecule has 0 bridgehead atoms. The van der Waals surface area contributed by atoms with Crippen LogP contribution in [0.3, 0.4) is 0 Å². The molecule has 0 aliphatic carbocycles. The normalized spacial score (nSPS) is 13.6. The summed E-state index contributed by atoms with van der Waals surface area (Å²) in [6.45, 7) is 0. The van der Waals surface area contributed by atoms with Crippen LogP contribution in [0.4, 0.5) is 0 Å². The molecule has 4 heterocycles. The zero-order valence-electron chi connectivity index (χ0n) is 32.7. The summed E-state index contributed by atoms with van der Waals surface area (Å²) < 4.78 is 65.3. The second kappa shape index (κ2) is 10.9. The Balaban J connectivity index is 1.25. The number of hydrogen-bond acceptors (Lipinski definition) is 5. The van der Waals surface area contributed by atoms with Crippen molar-refractivity contribution in [1.82, 2.24) is 19.5 Å². The molecule has 0 unspecified atom stereocenters. The molecule has 0 N–H and O–H groups in total. The molecule has 11 rings (SSSR count). The van der Waals surface area contributed by atoms with Crippen molar-refractivity contribution in [1.29, 1.82) is 0 Å². The van der Waals surface area contributed by atoms with E-state index in [1.807, 2.05) is 71.3 Å². The van der Waals surface area contributed by atoms with Crippen LogP contribution in [0, 0.1) is 0 Å². The quantitative estimate of drug-likeness (QED) is 0.186. The van der Waals surface area contributed by atoms with Crippen molar-refractivity contribution in [3.8, 4) is 39.9 Å². The minimum atomic E-state index is -0.335. The number of para-hydroxylation sites is 1.